The third kappa shape index (κ3) is 2.75. The van der Waals surface area contributed by atoms with E-state index in [2.05, 4.69) is 15.5 Å². The van der Waals surface area contributed by atoms with Gasteiger partial charge in [-0.2, -0.15) is 0 Å². The van der Waals surface area contributed by atoms with E-state index in [0.717, 1.165) is 29.3 Å². The average Bonchev–Trinajstić information content (AvgIpc) is 3.14. The van der Waals surface area contributed by atoms with E-state index in [1.165, 1.54) is 12.8 Å². The summed E-state index contributed by atoms with van der Waals surface area (Å²) in [5.74, 6) is -0.0492. The molecule has 0 saturated heterocycles. The van der Waals surface area contributed by atoms with Crippen LogP contribution in [-0.4, -0.2) is 22.1 Å². The van der Waals surface area contributed by atoms with Crippen LogP contribution in [0.4, 0.5) is 0 Å². The molecule has 120 valence electrons. The molecule has 0 bridgehead atoms. The van der Waals surface area contributed by atoms with Gasteiger partial charge in [0.15, 0.2) is 0 Å². The third-order valence-electron chi connectivity index (χ3n) is 4.63. The van der Waals surface area contributed by atoms with Crippen LogP contribution in [0.2, 0.25) is 0 Å². The molecule has 4 rings (SSSR count). The second-order valence-electron chi connectivity index (χ2n) is 6.26. The summed E-state index contributed by atoms with van der Waals surface area (Å²) in [5, 5.41) is 12.7. The molecule has 1 amide bonds. The van der Waals surface area contributed by atoms with Gasteiger partial charge in [0.2, 0.25) is 0 Å². The van der Waals surface area contributed by atoms with E-state index in [1.54, 1.807) is 0 Å². The third-order valence-corrected chi connectivity index (χ3v) is 4.63. The van der Waals surface area contributed by atoms with E-state index in [0.29, 0.717) is 11.3 Å². The van der Waals surface area contributed by atoms with Crippen molar-refractivity contribution < 1.29 is 4.79 Å². The second-order valence-corrected chi connectivity index (χ2v) is 6.26. The molecular weight excluding hydrogens is 298 g/mol. The topological polar surface area (TPSA) is 54.9 Å². The molecule has 1 N–H and O–H groups in total. The molecule has 4 heteroatoms. The van der Waals surface area contributed by atoms with Gasteiger partial charge in [-0.25, -0.2) is 0 Å². The minimum atomic E-state index is -0.0492. The van der Waals surface area contributed by atoms with Crippen molar-refractivity contribution in [2.24, 2.45) is 0 Å². The van der Waals surface area contributed by atoms with Gasteiger partial charge in [0.1, 0.15) is 5.69 Å². The van der Waals surface area contributed by atoms with Gasteiger partial charge in [0, 0.05) is 17.0 Å². The molecule has 0 spiro atoms. The number of hydrogen-bond donors (Lipinski definition) is 1. The minimum absolute atomic E-state index is 0.0492. The molecule has 0 atom stereocenters. The predicted octanol–water partition coefficient (Wildman–Crippen LogP) is 3.97. The van der Waals surface area contributed by atoms with Crippen molar-refractivity contribution in [2.45, 2.75) is 31.7 Å². The quantitative estimate of drug-likeness (QED) is 0.795. The highest BCUT2D eigenvalue weighted by Crippen LogP contribution is 2.27. The van der Waals surface area contributed by atoms with Crippen molar-refractivity contribution in [2.75, 3.05) is 0 Å². The number of benzene rings is 2. The lowest BCUT2D eigenvalue weighted by Crippen LogP contribution is -2.33. The standard InChI is InChI=1S/C20H19N3O/c24-20(21-15-10-4-5-11-15)18-16-12-6-7-13-17(16)22-23-19(18)14-8-2-1-3-9-14/h1-3,6-9,12-13,15H,4-5,10-11H2,(H,21,24). The van der Waals surface area contributed by atoms with E-state index in [9.17, 15) is 4.79 Å². The fraction of sp³-hybridized carbons (Fsp3) is 0.250. The molecule has 0 unspecified atom stereocenters. The predicted molar refractivity (Wildman–Crippen MR) is 94.7 cm³/mol. The van der Waals surface area contributed by atoms with Crippen molar-refractivity contribution in [3.63, 3.8) is 0 Å². The number of rotatable bonds is 3. The number of carbonyl (C=O) groups excluding carboxylic acids is 1. The Morgan fingerprint density at radius 3 is 2.42 bits per heavy atom. The van der Waals surface area contributed by atoms with Gasteiger partial charge in [0.05, 0.1) is 11.1 Å². The number of carbonyl (C=O) groups is 1. The fourth-order valence-corrected chi connectivity index (χ4v) is 3.41. The molecule has 4 nitrogen and oxygen atoms in total. The molecule has 0 radical (unpaired) electrons. The van der Waals surface area contributed by atoms with Crippen LogP contribution in [0.3, 0.4) is 0 Å². The van der Waals surface area contributed by atoms with Crippen LogP contribution in [0.25, 0.3) is 22.2 Å². The lowest BCUT2D eigenvalue weighted by Gasteiger charge is -2.15. The Bertz CT molecular complexity index is 870. The van der Waals surface area contributed by atoms with Crippen LogP contribution in [0.5, 0.6) is 0 Å². The van der Waals surface area contributed by atoms with Crippen LogP contribution >= 0.6 is 0 Å². The number of amides is 1. The summed E-state index contributed by atoms with van der Waals surface area (Å²) in [4.78, 5) is 13.0. The van der Waals surface area contributed by atoms with Crippen molar-refractivity contribution in [1.29, 1.82) is 0 Å². The van der Waals surface area contributed by atoms with Gasteiger partial charge in [-0.3, -0.25) is 4.79 Å². The smallest absolute Gasteiger partial charge is 0.254 e. The number of nitrogens with zero attached hydrogens (tertiary/aromatic N) is 2. The molecule has 24 heavy (non-hydrogen) atoms. The molecule has 1 fully saturated rings. The van der Waals surface area contributed by atoms with Crippen LogP contribution < -0.4 is 5.32 Å². The van der Waals surface area contributed by atoms with E-state index in [4.69, 9.17) is 0 Å². The summed E-state index contributed by atoms with van der Waals surface area (Å²) < 4.78 is 0. The van der Waals surface area contributed by atoms with Crippen LogP contribution in [0, 0.1) is 0 Å². The molecule has 3 aromatic rings. The molecule has 1 heterocycles. The highest BCUT2D eigenvalue weighted by Gasteiger charge is 2.23. The zero-order chi connectivity index (χ0) is 16.4. The molecule has 1 aromatic heterocycles. The van der Waals surface area contributed by atoms with Crippen LogP contribution in [0.15, 0.2) is 54.6 Å². The van der Waals surface area contributed by atoms with Gasteiger partial charge < -0.3 is 5.32 Å². The van der Waals surface area contributed by atoms with Crippen molar-refractivity contribution in [3.8, 4) is 11.3 Å². The first-order chi connectivity index (χ1) is 11.8. The first-order valence-electron chi connectivity index (χ1n) is 8.44. The average molecular weight is 317 g/mol. The number of hydrogen-bond acceptors (Lipinski definition) is 3. The SMILES string of the molecule is O=C(NC1CCCC1)c1c(-c2ccccc2)nnc2ccccc12. The Morgan fingerprint density at radius 1 is 0.917 bits per heavy atom. The van der Waals surface area contributed by atoms with Crippen molar-refractivity contribution >= 4 is 16.8 Å². The number of aromatic nitrogens is 2. The monoisotopic (exact) mass is 317 g/mol. The van der Waals surface area contributed by atoms with Gasteiger partial charge in [-0.05, 0) is 18.9 Å². The Labute approximate surface area is 140 Å². The number of fused-ring (bicyclic) bond motifs is 1. The van der Waals surface area contributed by atoms with E-state index < -0.39 is 0 Å². The summed E-state index contributed by atoms with van der Waals surface area (Å²) in [6.07, 6.45) is 4.49. The maximum absolute atomic E-state index is 13.0. The highest BCUT2D eigenvalue weighted by molar-refractivity contribution is 6.10. The molecule has 1 saturated carbocycles. The Morgan fingerprint density at radius 2 is 1.62 bits per heavy atom. The summed E-state index contributed by atoms with van der Waals surface area (Å²) in [7, 11) is 0. The van der Waals surface area contributed by atoms with Crippen molar-refractivity contribution in [1.82, 2.24) is 15.5 Å². The summed E-state index contributed by atoms with van der Waals surface area (Å²) in [5.41, 5.74) is 2.92. The Balaban J connectivity index is 1.84. The lowest BCUT2D eigenvalue weighted by molar-refractivity contribution is 0.0940. The summed E-state index contributed by atoms with van der Waals surface area (Å²) in [6, 6.07) is 17.7. The van der Waals surface area contributed by atoms with E-state index in [1.807, 2.05) is 54.6 Å². The lowest BCUT2D eigenvalue weighted by atomic mass is 10.0. The van der Waals surface area contributed by atoms with Crippen LogP contribution in [0.1, 0.15) is 36.0 Å². The molecule has 1 aliphatic rings. The zero-order valence-electron chi connectivity index (χ0n) is 13.4. The second kappa shape index (κ2) is 6.40. The molecule has 0 aliphatic heterocycles. The molecule has 1 aliphatic carbocycles. The highest BCUT2D eigenvalue weighted by atomic mass is 16.1. The van der Waals surface area contributed by atoms with Gasteiger partial charge in [-0.1, -0.05) is 61.4 Å². The van der Waals surface area contributed by atoms with E-state index >= 15 is 0 Å². The minimum Gasteiger partial charge on any atom is -0.349 e. The maximum atomic E-state index is 13.0. The first-order valence-corrected chi connectivity index (χ1v) is 8.44. The van der Waals surface area contributed by atoms with Gasteiger partial charge in [-0.15, -0.1) is 10.2 Å². The van der Waals surface area contributed by atoms with Gasteiger partial charge >= 0.3 is 0 Å². The van der Waals surface area contributed by atoms with Gasteiger partial charge in [0.25, 0.3) is 5.91 Å². The Hall–Kier alpha value is -2.75. The normalized spacial score (nSPS) is 14.8. The molecular formula is C20H19N3O. The number of nitrogens with one attached hydrogen (secondary N) is 1. The van der Waals surface area contributed by atoms with Crippen LogP contribution in [-0.2, 0) is 0 Å². The largest absolute Gasteiger partial charge is 0.349 e. The zero-order valence-corrected chi connectivity index (χ0v) is 13.4. The van der Waals surface area contributed by atoms with Crippen molar-refractivity contribution in [3.05, 3.63) is 60.2 Å². The molecule has 2 aromatic carbocycles. The van der Waals surface area contributed by atoms with E-state index in [-0.39, 0.29) is 11.9 Å². The first kappa shape index (κ1) is 14.8. The fourth-order valence-electron chi connectivity index (χ4n) is 3.41. The summed E-state index contributed by atoms with van der Waals surface area (Å²) >= 11 is 0. The summed E-state index contributed by atoms with van der Waals surface area (Å²) in [6.45, 7) is 0. The Kier molecular flexibility index (Phi) is 3.95. The maximum Gasteiger partial charge on any atom is 0.254 e.